The predicted molar refractivity (Wildman–Crippen MR) is 41.1 cm³/mol. The lowest BCUT2D eigenvalue weighted by Gasteiger charge is -2.01. The van der Waals surface area contributed by atoms with Crippen molar-refractivity contribution in [3.63, 3.8) is 0 Å². The van der Waals surface area contributed by atoms with Crippen LogP contribution in [0.1, 0.15) is 26.7 Å². The van der Waals surface area contributed by atoms with Crippen molar-refractivity contribution in [1.82, 2.24) is 5.43 Å². The molecule has 3 N–H and O–H groups in total. The summed E-state index contributed by atoms with van der Waals surface area (Å²) in [5, 5.41) is 6.49. The summed E-state index contributed by atoms with van der Waals surface area (Å²) >= 11 is 0. The van der Waals surface area contributed by atoms with Gasteiger partial charge in [0.2, 0.25) is 0 Å². The van der Waals surface area contributed by atoms with Gasteiger partial charge in [-0.3, -0.25) is 5.43 Å². The van der Waals surface area contributed by atoms with Gasteiger partial charge in [0, 0.05) is 6.54 Å². The van der Waals surface area contributed by atoms with Crippen LogP contribution in [0.3, 0.4) is 0 Å². The van der Waals surface area contributed by atoms with E-state index in [1.165, 1.54) is 6.42 Å². The molecular weight excluding hydrogens is 128 g/mol. The Morgan fingerprint density at radius 3 is 2.70 bits per heavy atom. The summed E-state index contributed by atoms with van der Waals surface area (Å²) in [6.07, 6.45) is 2.34. The first kappa shape index (κ1) is 9.20. The van der Waals surface area contributed by atoms with Crippen molar-refractivity contribution >= 4 is 0 Å². The topological polar surface area (TPSA) is 62.8 Å². The Hall–Kier alpha value is -0.800. The van der Waals surface area contributed by atoms with Crippen LogP contribution in [-0.2, 0) is 0 Å². The van der Waals surface area contributed by atoms with Crippen molar-refractivity contribution in [3.8, 4) is 0 Å². The third kappa shape index (κ3) is 7.20. The summed E-state index contributed by atoms with van der Waals surface area (Å²) in [6, 6.07) is 0. The Balaban J connectivity index is 2.91. The van der Waals surface area contributed by atoms with E-state index in [2.05, 4.69) is 29.7 Å². The van der Waals surface area contributed by atoms with Gasteiger partial charge in [-0.25, -0.2) is 0 Å². The molecule has 0 saturated heterocycles. The van der Waals surface area contributed by atoms with Crippen LogP contribution in [0.15, 0.2) is 10.4 Å². The molecule has 0 bridgehead atoms. The van der Waals surface area contributed by atoms with Crippen molar-refractivity contribution in [2.75, 3.05) is 6.54 Å². The summed E-state index contributed by atoms with van der Waals surface area (Å²) < 4.78 is 0. The van der Waals surface area contributed by atoms with Crippen molar-refractivity contribution in [2.45, 2.75) is 26.7 Å². The molecule has 0 saturated carbocycles. The second-order valence-corrected chi connectivity index (χ2v) is 2.66. The fourth-order valence-electron chi connectivity index (χ4n) is 0.680. The molecular formula is C6H16N4. The van der Waals surface area contributed by atoms with Crippen LogP contribution in [0.4, 0.5) is 0 Å². The van der Waals surface area contributed by atoms with E-state index in [-0.39, 0.29) is 0 Å². The summed E-state index contributed by atoms with van der Waals surface area (Å²) in [7, 11) is 0. The quantitative estimate of drug-likeness (QED) is 0.264. The Morgan fingerprint density at radius 1 is 1.50 bits per heavy atom. The number of rotatable bonds is 5. The fourth-order valence-corrected chi connectivity index (χ4v) is 0.680. The van der Waals surface area contributed by atoms with Crippen LogP contribution >= 0.6 is 0 Å². The fraction of sp³-hybridized carbons (Fsp3) is 1.00. The smallest absolute Gasteiger partial charge is 0.0347 e. The number of nitrogens with zero attached hydrogens (tertiary/aromatic N) is 2. The lowest BCUT2D eigenvalue weighted by molar-refractivity contribution is 0.526. The highest BCUT2D eigenvalue weighted by atomic mass is 15.5. The molecule has 0 aromatic rings. The maximum absolute atomic E-state index is 4.77. The largest absolute Gasteiger partial charge is 0.303 e. The summed E-state index contributed by atoms with van der Waals surface area (Å²) in [4.78, 5) is 0. The van der Waals surface area contributed by atoms with Crippen LogP contribution in [0.2, 0.25) is 0 Å². The van der Waals surface area contributed by atoms with Crippen molar-refractivity contribution in [3.05, 3.63) is 0 Å². The van der Waals surface area contributed by atoms with Gasteiger partial charge in [0.25, 0.3) is 0 Å². The van der Waals surface area contributed by atoms with Gasteiger partial charge in [0.05, 0.1) is 0 Å². The van der Waals surface area contributed by atoms with E-state index in [4.69, 9.17) is 5.84 Å². The van der Waals surface area contributed by atoms with Gasteiger partial charge < -0.3 is 5.84 Å². The number of nitrogens with one attached hydrogen (secondary N) is 1. The first-order valence-corrected chi connectivity index (χ1v) is 3.60. The number of hydrogen-bond donors (Lipinski definition) is 2. The summed E-state index contributed by atoms with van der Waals surface area (Å²) in [6.45, 7) is 5.26. The Bertz CT molecular complexity index is 89.7. The molecule has 0 amide bonds. The van der Waals surface area contributed by atoms with Crippen LogP contribution in [0.25, 0.3) is 0 Å². The SMILES string of the molecule is CC(C)CCCN/N=N\N. The van der Waals surface area contributed by atoms with E-state index in [1.54, 1.807) is 0 Å². The highest BCUT2D eigenvalue weighted by Gasteiger charge is 1.91. The molecule has 0 aliphatic rings. The molecule has 0 radical (unpaired) electrons. The molecule has 0 rings (SSSR count). The van der Waals surface area contributed by atoms with E-state index >= 15 is 0 Å². The van der Waals surface area contributed by atoms with Crippen molar-refractivity contribution in [2.24, 2.45) is 22.2 Å². The molecule has 0 unspecified atom stereocenters. The molecule has 0 heterocycles. The zero-order valence-corrected chi connectivity index (χ0v) is 6.67. The standard InChI is InChI=1S/C6H16N4/c1-6(2)4-3-5-8-10-9-7/h6H,3-5H2,1-2H3,(H2,7,10)(H,8,9). The molecule has 0 fully saturated rings. The summed E-state index contributed by atoms with van der Waals surface area (Å²) in [5.41, 5.74) is 2.72. The third-order valence-corrected chi connectivity index (χ3v) is 1.20. The molecule has 0 atom stereocenters. The highest BCUT2D eigenvalue weighted by molar-refractivity contribution is 4.46. The van der Waals surface area contributed by atoms with E-state index in [0.29, 0.717) is 0 Å². The Kier molecular flexibility index (Phi) is 5.82. The van der Waals surface area contributed by atoms with E-state index in [1.807, 2.05) is 0 Å². The van der Waals surface area contributed by atoms with Gasteiger partial charge in [-0.1, -0.05) is 24.3 Å². The van der Waals surface area contributed by atoms with Gasteiger partial charge in [0.1, 0.15) is 0 Å². The number of hydrogen-bond acceptors (Lipinski definition) is 2. The molecule has 0 aromatic heterocycles. The first-order valence-electron chi connectivity index (χ1n) is 3.60. The third-order valence-electron chi connectivity index (χ3n) is 1.20. The van der Waals surface area contributed by atoms with Gasteiger partial charge >= 0.3 is 0 Å². The molecule has 0 spiro atoms. The zero-order valence-electron chi connectivity index (χ0n) is 6.67. The number of nitrogens with two attached hydrogens (primary N) is 1. The lowest BCUT2D eigenvalue weighted by Crippen LogP contribution is -2.07. The molecule has 60 valence electrons. The van der Waals surface area contributed by atoms with Gasteiger partial charge in [-0.15, -0.1) is 0 Å². The Morgan fingerprint density at radius 2 is 2.20 bits per heavy atom. The van der Waals surface area contributed by atoms with Gasteiger partial charge in [0.15, 0.2) is 0 Å². The minimum Gasteiger partial charge on any atom is -0.303 e. The van der Waals surface area contributed by atoms with Crippen molar-refractivity contribution in [1.29, 1.82) is 0 Å². The Labute approximate surface area is 61.8 Å². The second-order valence-electron chi connectivity index (χ2n) is 2.66. The maximum Gasteiger partial charge on any atom is 0.0347 e. The van der Waals surface area contributed by atoms with Crippen LogP contribution in [0, 0.1) is 5.92 Å². The molecule has 0 aliphatic heterocycles. The second kappa shape index (κ2) is 6.32. The maximum atomic E-state index is 4.77. The lowest BCUT2D eigenvalue weighted by atomic mass is 10.1. The predicted octanol–water partition coefficient (Wildman–Crippen LogP) is 1.25. The van der Waals surface area contributed by atoms with E-state index in [9.17, 15) is 0 Å². The van der Waals surface area contributed by atoms with Crippen LogP contribution < -0.4 is 11.3 Å². The van der Waals surface area contributed by atoms with E-state index in [0.717, 1.165) is 18.9 Å². The molecule has 4 nitrogen and oxygen atoms in total. The molecule has 4 heteroatoms. The van der Waals surface area contributed by atoms with Crippen LogP contribution in [0.5, 0.6) is 0 Å². The highest BCUT2D eigenvalue weighted by Crippen LogP contribution is 2.01. The average molecular weight is 144 g/mol. The first-order chi connectivity index (χ1) is 4.77. The minimum atomic E-state index is 0.761. The molecule has 0 aliphatic carbocycles. The van der Waals surface area contributed by atoms with Gasteiger partial charge in [-0.2, -0.15) is 0 Å². The van der Waals surface area contributed by atoms with E-state index < -0.39 is 0 Å². The van der Waals surface area contributed by atoms with Gasteiger partial charge in [-0.05, 0) is 18.8 Å². The minimum absolute atomic E-state index is 0.761. The summed E-state index contributed by atoms with van der Waals surface area (Å²) in [5.74, 6) is 5.53. The normalized spacial score (nSPS) is 11.1. The zero-order chi connectivity index (χ0) is 7.82. The molecule has 10 heavy (non-hydrogen) atoms. The van der Waals surface area contributed by atoms with Crippen molar-refractivity contribution < 1.29 is 0 Å². The molecule has 0 aromatic carbocycles. The monoisotopic (exact) mass is 144 g/mol. The average Bonchev–Trinajstić information content (AvgIpc) is 1.87. The van der Waals surface area contributed by atoms with Crippen LogP contribution in [-0.4, -0.2) is 6.54 Å².